The fourth-order valence-electron chi connectivity index (χ4n) is 1.98. The van der Waals surface area contributed by atoms with Gasteiger partial charge in [0.25, 0.3) is 0 Å². The van der Waals surface area contributed by atoms with E-state index in [0.717, 1.165) is 23.3 Å². The Morgan fingerprint density at radius 3 is 2.95 bits per heavy atom. The molecule has 0 bridgehead atoms. The minimum Gasteiger partial charge on any atom is -0.547 e. The molecule has 0 saturated heterocycles. The molecule has 0 aromatic carbocycles. The molecule has 1 aliphatic carbocycles. The van der Waals surface area contributed by atoms with Crippen LogP contribution in [0.3, 0.4) is 0 Å². The highest BCUT2D eigenvalue weighted by Gasteiger charge is 2.16. The Kier molecular flexibility index (Phi) is 4.65. The Bertz CT molecular complexity index is 475. The van der Waals surface area contributed by atoms with Gasteiger partial charge < -0.3 is 15.6 Å². The lowest BCUT2D eigenvalue weighted by atomic mass is 10.0. The van der Waals surface area contributed by atoms with Crippen molar-refractivity contribution in [2.24, 2.45) is 5.73 Å². The Balaban J connectivity index is 2.25. The average molecular weight is 275 g/mol. The van der Waals surface area contributed by atoms with Crippen LogP contribution in [0.15, 0.2) is 59.8 Å². The maximum Gasteiger partial charge on any atom is 0.229 e. The SMILES string of the molecule is C[SiH](C)OC1=C(CN)C=CCC1=CN1C=CC=CN1. The van der Waals surface area contributed by atoms with Gasteiger partial charge in [-0.1, -0.05) is 12.2 Å². The first-order chi connectivity index (χ1) is 9.20. The minimum atomic E-state index is -1.15. The average Bonchev–Trinajstić information content (AvgIpc) is 2.41. The molecular weight excluding hydrogens is 254 g/mol. The van der Waals surface area contributed by atoms with E-state index in [9.17, 15) is 0 Å². The van der Waals surface area contributed by atoms with E-state index in [4.69, 9.17) is 10.2 Å². The monoisotopic (exact) mass is 275 g/mol. The van der Waals surface area contributed by atoms with Gasteiger partial charge in [0, 0.05) is 36.3 Å². The van der Waals surface area contributed by atoms with Crippen molar-refractivity contribution in [2.75, 3.05) is 6.54 Å². The molecule has 2 aliphatic rings. The van der Waals surface area contributed by atoms with E-state index < -0.39 is 9.04 Å². The van der Waals surface area contributed by atoms with Gasteiger partial charge in [-0.25, -0.2) is 0 Å². The second kappa shape index (κ2) is 6.45. The number of rotatable bonds is 4. The van der Waals surface area contributed by atoms with Crippen molar-refractivity contribution in [2.45, 2.75) is 19.5 Å². The summed E-state index contributed by atoms with van der Waals surface area (Å²) in [6.07, 6.45) is 14.9. The molecule has 0 fully saturated rings. The molecule has 0 amide bonds. The van der Waals surface area contributed by atoms with Crippen molar-refractivity contribution in [1.29, 1.82) is 0 Å². The minimum absolute atomic E-state index is 0.507. The van der Waals surface area contributed by atoms with Crippen molar-refractivity contribution in [1.82, 2.24) is 10.4 Å². The third-order valence-corrected chi connectivity index (χ3v) is 3.49. The van der Waals surface area contributed by atoms with Crippen LogP contribution in [0, 0.1) is 0 Å². The molecule has 1 heterocycles. The molecule has 5 heteroatoms. The van der Waals surface area contributed by atoms with Gasteiger partial charge in [0.1, 0.15) is 5.76 Å². The van der Waals surface area contributed by atoms with Gasteiger partial charge in [-0.2, -0.15) is 0 Å². The van der Waals surface area contributed by atoms with E-state index in [2.05, 4.69) is 36.9 Å². The van der Waals surface area contributed by atoms with Crippen LogP contribution < -0.4 is 11.2 Å². The molecule has 0 aromatic heterocycles. The lowest BCUT2D eigenvalue weighted by molar-refractivity contribution is 0.407. The number of allylic oxidation sites excluding steroid dienone is 4. The van der Waals surface area contributed by atoms with Crippen molar-refractivity contribution in [3.05, 3.63) is 59.8 Å². The van der Waals surface area contributed by atoms with Gasteiger partial charge in [0.15, 0.2) is 0 Å². The van der Waals surface area contributed by atoms with E-state index in [0.29, 0.717) is 6.54 Å². The molecule has 0 unspecified atom stereocenters. The molecule has 2 rings (SSSR count). The number of nitrogens with two attached hydrogens (primary N) is 1. The van der Waals surface area contributed by atoms with E-state index in [1.807, 2.05) is 29.6 Å². The molecule has 1 aliphatic heterocycles. The van der Waals surface area contributed by atoms with Crippen LogP contribution in [-0.4, -0.2) is 20.6 Å². The quantitative estimate of drug-likeness (QED) is 0.769. The number of hydrogen-bond acceptors (Lipinski definition) is 4. The van der Waals surface area contributed by atoms with Crippen molar-refractivity contribution in [3.8, 4) is 0 Å². The fraction of sp³-hybridized carbons (Fsp3) is 0.286. The van der Waals surface area contributed by atoms with E-state index in [-0.39, 0.29) is 0 Å². The lowest BCUT2D eigenvalue weighted by Gasteiger charge is -2.25. The largest absolute Gasteiger partial charge is 0.547 e. The maximum atomic E-state index is 6.07. The summed E-state index contributed by atoms with van der Waals surface area (Å²) in [6, 6.07) is 0. The third kappa shape index (κ3) is 3.62. The smallest absolute Gasteiger partial charge is 0.229 e. The van der Waals surface area contributed by atoms with Crippen LogP contribution in [0.25, 0.3) is 0 Å². The molecule has 0 aromatic rings. The highest BCUT2D eigenvalue weighted by molar-refractivity contribution is 6.48. The molecule has 4 nitrogen and oxygen atoms in total. The predicted molar refractivity (Wildman–Crippen MR) is 81.1 cm³/mol. The van der Waals surface area contributed by atoms with Gasteiger partial charge in [0.05, 0.1) is 0 Å². The van der Waals surface area contributed by atoms with Crippen molar-refractivity contribution >= 4 is 9.04 Å². The van der Waals surface area contributed by atoms with E-state index >= 15 is 0 Å². The van der Waals surface area contributed by atoms with Crippen LogP contribution in [0.2, 0.25) is 13.1 Å². The standard InChI is InChI=1S/C14H21N3OSi/c1-19(2)18-14-12(10-15)6-5-7-13(14)11-17-9-4-3-8-16-17/h3-6,8-9,11,16,19H,7,10,15H2,1-2H3. The Hall–Kier alpha value is -1.72. The molecule has 19 heavy (non-hydrogen) atoms. The van der Waals surface area contributed by atoms with Crippen molar-refractivity contribution in [3.63, 3.8) is 0 Å². The number of hydrogen-bond donors (Lipinski definition) is 2. The van der Waals surface area contributed by atoms with Crippen LogP contribution >= 0.6 is 0 Å². The highest BCUT2D eigenvalue weighted by atomic mass is 28.3. The summed E-state index contributed by atoms with van der Waals surface area (Å²) < 4.78 is 6.07. The molecule has 3 N–H and O–H groups in total. The summed E-state index contributed by atoms with van der Waals surface area (Å²) in [4.78, 5) is 0. The zero-order chi connectivity index (χ0) is 13.7. The van der Waals surface area contributed by atoms with Gasteiger partial charge in [-0.15, -0.1) is 0 Å². The first kappa shape index (κ1) is 13.7. The topological polar surface area (TPSA) is 50.5 Å². The van der Waals surface area contributed by atoms with Crippen LogP contribution in [0.4, 0.5) is 0 Å². The summed E-state index contributed by atoms with van der Waals surface area (Å²) in [6.45, 7) is 4.84. The first-order valence-corrected chi connectivity index (χ1v) is 9.34. The molecule has 0 saturated carbocycles. The van der Waals surface area contributed by atoms with Crippen LogP contribution in [0.1, 0.15) is 6.42 Å². The summed E-state index contributed by atoms with van der Waals surface area (Å²) >= 11 is 0. The van der Waals surface area contributed by atoms with Gasteiger partial charge in [-0.3, -0.25) is 5.01 Å². The normalized spacial score (nSPS) is 20.4. The number of hydrazine groups is 1. The summed E-state index contributed by atoms with van der Waals surface area (Å²) in [7, 11) is -1.15. The van der Waals surface area contributed by atoms with Crippen LogP contribution in [-0.2, 0) is 4.43 Å². The summed E-state index contributed by atoms with van der Waals surface area (Å²) in [5.74, 6) is 0.969. The van der Waals surface area contributed by atoms with Crippen LogP contribution in [0.5, 0.6) is 0 Å². The Morgan fingerprint density at radius 2 is 2.32 bits per heavy atom. The highest BCUT2D eigenvalue weighted by Crippen LogP contribution is 2.26. The second-order valence-corrected chi connectivity index (χ2v) is 7.06. The maximum absolute atomic E-state index is 6.07. The van der Waals surface area contributed by atoms with Gasteiger partial charge in [0.2, 0.25) is 9.04 Å². The Labute approximate surface area is 116 Å². The van der Waals surface area contributed by atoms with E-state index in [1.54, 1.807) is 0 Å². The molecule has 0 spiro atoms. The lowest BCUT2D eigenvalue weighted by Crippen LogP contribution is -2.26. The molecular formula is C14H21N3OSi. The summed E-state index contributed by atoms with van der Waals surface area (Å²) in [5.41, 5.74) is 11.2. The molecule has 0 atom stereocenters. The Morgan fingerprint density at radius 1 is 1.47 bits per heavy atom. The number of nitrogens with one attached hydrogen (secondary N) is 1. The van der Waals surface area contributed by atoms with Crippen molar-refractivity contribution < 1.29 is 4.43 Å². The van der Waals surface area contributed by atoms with Gasteiger partial charge >= 0.3 is 0 Å². The second-order valence-electron chi connectivity index (χ2n) is 4.72. The summed E-state index contributed by atoms with van der Waals surface area (Å²) in [5, 5.41) is 1.92. The van der Waals surface area contributed by atoms with Gasteiger partial charge in [-0.05, 0) is 31.7 Å². The predicted octanol–water partition coefficient (Wildman–Crippen LogP) is 1.89. The zero-order valence-electron chi connectivity index (χ0n) is 11.5. The first-order valence-electron chi connectivity index (χ1n) is 6.56. The number of nitrogens with zero attached hydrogens (tertiary/aromatic N) is 1. The zero-order valence-corrected chi connectivity index (χ0v) is 12.6. The fourth-order valence-corrected chi connectivity index (χ4v) is 2.75. The molecule has 102 valence electrons. The molecule has 0 radical (unpaired) electrons. The third-order valence-electron chi connectivity index (χ3n) is 2.79. The van der Waals surface area contributed by atoms with E-state index in [1.165, 1.54) is 0 Å².